The SMILES string of the molecule is COC(=O)c1cc(C2=C(c3cc(Cl)ccc3OC)CCC2)cnc1C. The number of nitrogens with zero attached hydrogens (tertiary/aromatic N) is 1. The quantitative estimate of drug-likeness (QED) is 0.728. The van der Waals surface area contributed by atoms with Crippen molar-refractivity contribution in [3.05, 3.63) is 57.9 Å². The monoisotopic (exact) mass is 357 g/mol. The summed E-state index contributed by atoms with van der Waals surface area (Å²) in [7, 11) is 3.04. The van der Waals surface area contributed by atoms with Crippen LogP contribution in [0.4, 0.5) is 0 Å². The number of benzene rings is 1. The zero-order valence-electron chi connectivity index (χ0n) is 14.6. The minimum atomic E-state index is -0.368. The maximum Gasteiger partial charge on any atom is 0.339 e. The summed E-state index contributed by atoms with van der Waals surface area (Å²) in [5.74, 6) is 0.430. The Labute approximate surface area is 152 Å². The number of aryl methyl sites for hydroxylation is 1. The first-order valence-electron chi connectivity index (χ1n) is 8.16. The second kappa shape index (κ2) is 7.28. The van der Waals surface area contributed by atoms with Crippen molar-refractivity contribution in [3.63, 3.8) is 0 Å². The summed E-state index contributed by atoms with van der Waals surface area (Å²) in [4.78, 5) is 16.4. The normalized spacial score (nSPS) is 13.9. The highest BCUT2D eigenvalue weighted by Gasteiger charge is 2.22. The molecule has 5 heteroatoms. The molecule has 1 aromatic carbocycles. The van der Waals surface area contributed by atoms with Gasteiger partial charge in [0.1, 0.15) is 5.75 Å². The number of rotatable bonds is 4. The summed E-state index contributed by atoms with van der Waals surface area (Å²) >= 11 is 6.20. The van der Waals surface area contributed by atoms with Crippen LogP contribution in [-0.2, 0) is 4.74 Å². The van der Waals surface area contributed by atoms with Crippen LogP contribution < -0.4 is 4.74 Å². The van der Waals surface area contributed by atoms with Gasteiger partial charge in [0.25, 0.3) is 0 Å². The molecule has 0 saturated heterocycles. The third kappa shape index (κ3) is 3.40. The molecule has 1 aliphatic carbocycles. The van der Waals surface area contributed by atoms with Gasteiger partial charge in [0.05, 0.1) is 25.5 Å². The van der Waals surface area contributed by atoms with E-state index in [-0.39, 0.29) is 5.97 Å². The molecular weight excluding hydrogens is 338 g/mol. The highest BCUT2D eigenvalue weighted by atomic mass is 35.5. The van der Waals surface area contributed by atoms with Gasteiger partial charge in [-0.3, -0.25) is 4.98 Å². The molecule has 0 fully saturated rings. The van der Waals surface area contributed by atoms with E-state index in [0.717, 1.165) is 36.1 Å². The molecule has 0 saturated carbocycles. The predicted octanol–water partition coefficient (Wildman–Crippen LogP) is 4.93. The van der Waals surface area contributed by atoms with Crippen LogP contribution in [0.25, 0.3) is 11.1 Å². The number of halogens is 1. The molecular formula is C20H20ClNO3. The summed E-state index contributed by atoms with van der Waals surface area (Å²) < 4.78 is 10.4. The molecule has 1 aromatic heterocycles. The van der Waals surface area contributed by atoms with E-state index in [1.807, 2.05) is 30.5 Å². The highest BCUT2D eigenvalue weighted by Crippen LogP contribution is 2.43. The van der Waals surface area contributed by atoms with E-state index in [2.05, 4.69) is 4.98 Å². The van der Waals surface area contributed by atoms with Gasteiger partial charge < -0.3 is 9.47 Å². The van der Waals surface area contributed by atoms with E-state index in [1.165, 1.54) is 18.3 Å². The molecule has 1 heterocycles. The number of hydrogen-bond acceptors (Lipinski definition) is 4. The van der Waals surface area contributed by atoms with Crippen LogP contribution in [-0.4, -0.2) is 25.2 Å². The molecule has 0 spiro atoms. The molecule has 2 aromatic rings. The number of hydrogen-bond donors (Lipinski definition) is 0. The Morgan fingerprint density at radius 3 is 2.64 bits per heavy atom. The smallest absolute Gasteiger partial charge is 0.339 e. The van der Waals surface area contributed by atoms with E-state index >= 15 is 0 Å². The van der Waals surface area contributed by atoms with Crippen molar-refractivity contribution in [2.24, 2.45) is 0 Å². The number of ether oxygens (including phenoxy) is 2. The first kappa shape index (κ1) is 17.5. The van der Waals surface area contributed by atoms with Crippen molar-refractivity contribution in [2.75, 3.05) is 14.2 Å². The number of methoxy groups -OCH3 is 2. The van der Waals surface area contributed by atoms with Crippen molar-refractivity contribution in [3.8, 4) is 5.75 Å². The van der Waals surface area contributed by atoms with Crippen LogP contribution in [0, 0.1) is 6.92 Å². The van der Waals surface area contributed by atoms with Gasteiger partial charge in [0, 0.05) is 16.8 Å². The van der Waals surface area contributed by atoms with Gasteiger partial charge in [-0.05, 0) is 67.2 Å². The lowest BCUT2D eigenvalue weighted by Crippen LogP contribution is -2.06. The largest absolute Gasteiger partial charge is 0.496 e. The molecule has 0 unspecified atom stereocenters. The zero-order valence-corrected chi connectivity index (χ0v) is 15.3. The Bertz CT molecular complexity index is 858. The maximum absolute atomic E-state index is 12.0. The molecule has 0 atom stereocenters. The van der Waals surface area contributed by atoms with E-state index in [4.69, 9.17) is 21.1 Å². The van der Waals surface area contributed by atoms with Gasteiger partial charge in [0.15, 0.2) is 0 Å². The fourth-order valence-electron chi connectivity index (χ4n) is 3.29. The van der Waals surface area contributed by atoms with Crippen LogP contribution in [0.3, 0.4) is 0 Å². The van der Waals surface area contributed by atoms with Gasteiger partial charge in [-0.15, -0.1) is 0 Å². The van der Waals surface area contributed by atoms with Crippen LogP contribution in [0.15, 0.2) is 30.5 Å². The van der Waals surface area contributed by atoms with Gasteiger partial charge in [-0.2, -0.15) is 0 Å². The molecule has 0 radical (unpaired) electrons. The van der Waals surface area contributed by atoms with Gasteiger partial charge in [-0.25, -0.2) is 4.79 Å². The molecule has 1 aliphatic rings. The second-order valence-electron chi connectivity index (χ2n) is 6.00. The van der Waals surface area contributed by atoms with E-state index in [9.17, 15) is 4.79 Å². The standard InChI is InChI=1S/C20H20ClNO3/c1-12-17(20(23)25-3)9-13(11-22-12)15-5-4-6-16(15)18-10-14(21)7-8-19(18)24-2/h7-11H,4-6H2,1-3H3. The number of aromatic nitrogens is 1. The van der Waals surface area contributed by atoms with Gasteiger partial charge in [-0.1, -0.05) is 11.6 Å². The predicted molar refractivity (Wildman–Crippen MR) is 99.0 cm³/mol. The fourth-order valence-corrected chi connectivity index (χ4v) is 3.46. The molecule has 130 valence electrons. The van der Waals surface area contributed by atoms with E-state index in [1.54, 1.807) is 14.0 Å². The Balaban J connectivity index is 2.14. The minimum absolute atomic E-state index is 0.368. The van der Waals surface area contributed by atoms with Crippen LogP contribution >= 0.6 is 11.6 Å². The van der Waals surface area contributed by atoms with Gasteiger partial charge in [0.2, 0.25) is 0 Å². The Kier molecular flexibility index (Phi) is 5.09. The Hall–Kier alpha value is -2.33. The molecule has 0 N–H and O–H groups in total. The third-order valence-electron chi connectivity index (χ3n) is 4.55. The lowest BCUT2D eigenvalue weighted by atomic mass is 9.96. The molecule has 0 aliphatic heterocycles. The molecule has 25 heavy (non-hydrogen) atoms. The number of esters is 1. The Morgan fingerprint density at radius 2 is 1.92 bits per heavy atom. The summed E-state index contributed by atoms with van der Waals surface area (Å²) in [6.07, 6.45) is 4.73. The lowest BCUT2D eigenvalue weighted by Gasteiger charge is -2.14. The average Bonchev–Trinajstić information content (AvgIpc) is 3.11. The number of pyridine rings is 1. The second-order valence-corrected chi connectivity index (χ2v) is 6.44. The average molecular weight is 358 g/mol. The van der Waals surface area contributed by atoms with Crippen LogP contribution in [0.2, 0.25) is 5.02 Å². The summed E-state index contributed by atoms with van der Waals surface area (Å²) in [6, 6.07) is 7.51. The van der Waals surface area contributed by atoms with Gasteiger partial charge >= 0.3 is 5.97 Å². The van der Waals surface area contributed by atoms with E-state index < -0.39 is 0 Å². The number of carbonyl (C=O) groups excluding carboxylic acids is 1. The molecule has 0 bridgehead atoms. The molecule has 0 amide bonds. The Morgan fingerprint density at radius 1 is 1.16 bits per heavy atom. The van der Waals surface area contributed by atoms with Crippen LogP contribution in [0.1, 0.15) is 46.4 Å². The highest BCUT2D eigenvalue weighted by molar-refractivity contribution is 6.30. The van der Waals surface area contributed by atoms with Crippen molar-refractivity contribution in [1.82, 2.24) is 4.98 Å². The minimum Gasteiger partial charge on any atom is -0.496 e. The summed E-state index contributed by atoms with van der Waals surface area (Å²) in [5.41, 5.74) is 5.48. The fraction of sp³-hybridized carbons (Fsp3) is 0.300. The number of carbonyl (C=O) groups is 1. The topological polar surface area (TPSA) is 48.4 Å². The van der Waals surface area contributed by atoms with Crippen molar-refractivity contribution < 1.29 is 14.3 Å². The summed E-state index contributed by atoms with van der Waals surface area (Å²) in [6.45, 7) is 1.81. The molecule has 3 rings (SSSR count). The number of allylic oxidation sites excluding steroid dienone is 2. The lowest BCUT2D eigenvalue weighted by molar-refractivity contribution is 0.0599. The van der Waals surface area contributed by atoms with Crippen molar-refractivity contribution in [1.29, 1.82) is 0 Å². The molecule has 4 nitrogen and oxygen atoms in total. The van der Waals surface area contributed by atoms with E-state index in [0.29, 0.717) is 16.3 Å². The zero-order chi connectivity index (χ0) is 18.0. The third-order valence-corrected chi connectivity index (χ3v) is 4.78. The first-order chi connectivity index (χ1) is 12.0. The van der Waals surface area contributed by atoms with Crippen LogP contribution in [0.5, 0.6) is 5.75 Å². The maximum atomic E-state index is 12.0. The van der Waals surface area contributed by atoms with Crippen molar-refractivity contribution in [2.45, 2.75) is 26.2 Å². The first-order valence-corrected chi connectivity index (χ1v) is 8.54. The van der Waals surface area contributed by atoms with Crippen molar-refractivity contribution >= 4 is 28.7 Å². The summed E-state index contributed by atoms with van der Waals surface area (Å²) in [5, 5.41) is 0.673.